The number of hydrogen-bond donors (Lipinski definition) is 1. The molecule has 2 saturated heterocycles. The topological polar surface area (TPSA) is 72.6 Å². The van der Waals surface area contributed by atoms with Crippen LogP contribution in [0.4, 0.5) is 4.39 Å². The van der Waals surface area contributed by atoms with Gasteiger partial charge in [-0.25, -0.2) is 12.8 Å². The first-order valence-electron chi connectivity index (χ1n) is 8.55. The predicted molar refractivity (Wildman–Crippen MR) is 89.6 cm³/mol. The Morgan fingerprint density at radius 1 is 1.29 bits per heavy atom. The molecular formula is C17H25FN2O3S. The molecular weight excluding hydrogens is 331 g/mol. The highest BCUT2D eigenvalue weighted by molar-refractivity contribution is 7.89. The van der Waals surface area contributed by atoms with Gasteiger partial charge < -0.3 is 10.5 Å². The van der Waals surface area contributed by atoms with Gasteiger partial charge >= 0.3 is 0 Å². The molecule has 134 valence electrons. The number of piperidine rings is 1. The number of nitrogens with zero attached hydrogens (tertiary/aromatic N) is 1. The molecule has 2 aliphatic heterocycles. The van der Waals surface area contributed by atoms with Crippen LogP contribution < -0.4 is 5.73 Å². The third kappa shape index (κ3) is 3.49. The Morgan fingerprint density at radius 2 is 2.08 bits per heavy atom. The monoisotopic (exact) mass is 356 g/mol. The smallest absolute Gasteiger partial charge is 0.246 e. The fourth-order valence-corrected chi connectivity index (χ4v) is 5.53. The minimum atomic E-state index is -3.89. The van der Waals surface area contributed by atoms with E-state index in [-0.39, 0.29) is 23.1 Å². The van der Waals surface area contributed by atoms with Crippen LogP contribution in [-0.2, 0) is 14.8 Å². The molecule has 0 aromatic heterocycles. The first-order chi connectivity index (χ1) is 11.4. The number of nitrogens with two attached hydrogens (primary N) is 1. The van der Waals surface area contributed by atoms with Crippen LogP contribution in [0.3, 0.4) is 0 Å². The largest absolute Gasteiger partial charge is 0.376 e. The summed E-state index contributed by atoms with van der Waals surface area (Å²) in [6, 6.07) is 3.96. The third-order valence-corrected chi connectivity index (χ3v) is 6.90. The van der Waals surface area contributed by atoms with Gasteiger partial charge in [-0.1, -0.05) is 12.5 Å². The van der Waals surface area contributed by atoms with Crippen LogP contribution in [0.25, 0.3) is 0 Å². The normalized spacial score (nSPS) is 29.5. The summed E-state index contributed by atoms with van der Waals surface area (Å²) in [5, 5.41) is 0. The molecule has 0 amide bonds. The van der Waals surface area contributed by atoms with Gasteiger partial charge in [-0.15, -0.1) is 0 Å². The molecule has 0 spiro atoms. The van der Waals surface area contributed by atoms with Crippen LogP contribution >= 0.6 is 0 Å². The molecule has 0 aliphatic carbocycles. The van der Waals surface area contributed by atoms with Crippen molar-refractivity contribution in [3.8, 4) is 0 Å². The molecule has 7 heteroatoms. The number of hydrogen-bond acceptors (Lipinski definition) is 4. The van der Waals surface area contributed by atoms with E-state index in [1.165, 1.54) is 16.4 Å². The summed E-state index contributed by atoms with van der Waals surface area (Å²) in [5.74, 6) is -0.703. The lowest BCUT2D eigenvalue weighted by Gasteiger charge is -2.41. The first-order valence-corrected chi connectivity index (χ1v) is 9.99. The maximum absolute atomic E-state index is 14.2. The molecule has 3 rings (SSSR count). The van der Waals surface area contributed by atoms with Crippen molar-refractivity contribution in [1.82, 2.24) is 4.31 Å². The van der Waals surface area contributed by atoms with E-state index < -0.39 is 15.8 Å². The fourth-order valence-electron chi connectivity index (χ4n) is 3.66. The zero-order valence-corrected chi connectivity index (χ0v) is 14.8. The van der Waals surface area contributed by atoms with Crippen LogP contribution in [0.15, 0.2) is 23.1 Å². The minimum Gasteiger partial charge on any atom is -0.376 e. The van der Waals surface area contributed by atoms with Crippen LogP contribution in [0.1, 0.15) is 37.7 Å². The summed E-state index contributed by atoms with van der Waals surface area (Å²) in [6.07, 6.45) is 3.68. The van der Waals surface area contributed by atoms with Crippen molar-refractivity contribution >= 4 is 10.0 Å². The van der Waals surface area contributed by atoms with Gasteiger partial charge in [-0.3, -0.25) is 0 Å². The van der Waals surface area contributed by atoms with Crippen molar-refractivity contribution in [3.63, 3.8) is 0 Å². The Kier molecular flexibility index (Phi) is 5.24. The van der Waals surface area contributed by atoms with Gasteiger partial charge in [-0.2, -0.15) is 4.31 Å². The second kappa shape index (κ2) is 7.07. The molecule has 5 nitrogen and oxygen atoms in total. The van der Waals surface area contributed by atoms with Crippen molar-refractivity contribution in [2.75, 3.05) is 13.2 Å². The highest BCUT2D eigenvalue weighted by Gasteiger charge is 2.40. The highest BCUT2D eigenvalue weighted by atomic mass is 32.2. The standard InChI is InChI=1S/C17H25FN2O3S/c1-12-5-6-14(18)17(10-12)24(21,22)20-8-3-2-4-15(20)16-11-13(19)7-9-23-16/h5-6,10,13,15-16H,2-4,7-9,11,19H2,1H3. The molecule has 1 aromatic carbocycles. The fraction of sp³-hybridized carbons (Fsp3) is 0.647. The Labute approximate surface area is 143 Å². The third-order valence-electron chi connectivity index (χ3n) is 4.96. The summed E-state index contributed by atoms with van der Waals surface area (Å²) in [5.41, 5.74) is 6.76. The number of rotatable bonds is 3. The van der Waals surface area contributed by atoms with E-state index in [0.717, 1.165) is 31.2 Å². The number of aryl methyl sites for hydroxylation is 1. The van der Waals surface area contributed by atoms with Crippen LogP contribution in [-0.4, -0.2) is 44.1 Å². The summed E-state index contributed by atoms with van der Waals surface area (Å²) in [6.45, 7) is 2.71. The van der Waals surface area contributed by atoms with Gasteiger partial charge in [0, 0.05) is 19.2 Å². The second-order valence-corrected chi connectivity index (χ2v) is 8.67. The minimum absolute atomic E-state index is 0.0333. The zero-order chi connectivity index (χ0) is 17.3. The van der Waals surface area contributed by atoms with E-state index in [9.17, 15) is 12.8 Å². The maximum atomic E-state index is 14.2. The van der Waals surface area contributed by atoms with Gasteiger partial charge in [0.05, 0.1) is 12.1 Å². The van der Waals surface area contributed by atoms with Gasteiger partial charge in [0.25, 0.3) is 0 Å². The lowest BCUT2D eigenvalue weighted by atomic mass is 9.93. The summed E-state index contributed by atoms with van der Waals surface area (Å²) in [4.78, 5) is -0.241. The summed E-state index contributed by atoms with van der Waals surface area (Å²) < 4.78 is 47.6. The van der Waals surface area contributed by atoms with Gasteiger partial charge in [0.1, 0.15) is 10.7 Å². The van der Waals surface area contributed by atoms with Gasteiger partial charge in [0.15, 0.2) is 0 Å². The van der Waals surface area contributed by atoms with E-state index in [1.807, 2.05) is 0 Å². The predicted octanol–water partition coefficient (Wildman–Crippen LogP) is 2.18. The van der Waals surface area contributed by atoms with Crippen molar-refractivity contribution in [3.05, 3.63) is 29.6 Å². The highest BCUT2D eigenvalue weighted by Crippen LogP contribution is 2.32. The van der Waals surface area contributed by atoms with Gasteiger partial charge in [0.2, 0.25) is 10.0 Å². The Bertz CT molecular complexity index is 695. The Balaban J connectivity index is 1.93. The molecule has 0 bridgehead atoms. The van der Waals surface area contributed by atoms with E-state index in [4.69, 9.17) is 10.5 Å². The Morgan fingerprint density at radius 3 is 2.83 bits per heavy atom. The van der Waals surface area contributed by atoms with Crippen molar-refractivity contribution in [2.24, 2.45) is 5.73 Å². The molecule has 3 unspecified atom stereocenters. The van der Waals surface area contributed by atoms with Crippen molar-refractivity contribution < 1.29 is 17.5 Å². The Hall–Kier alpha value is -1.02. The number of ether oxygens (including phenoxy) is 1. The average Bonchev–Trinajstić information content (AvgIpc) is 2.57. The quantitative estimate of drug-likeness (QED) is 0.901. The molecule has 2 aliphatic rings. The van der Waals surface area contributed by atoms with E-state index in [1.54, 1.807) is 13.0 Å². The maximum Gasteiger partial charge on any atom is 0.246 e. The first kappa shape index (κ1) is 17.8. The van der Waals surface area contributed by atoms with Crippen LogP contribution in [0.2, 0.25) is 0 Å². The molecule has 0 radical (unpaired) electrons. The van der Waals surface area contributed by atoms with Crippen LogP contribution in [0.5, 0.6) is 0 Å². The molecule has 3 atom stereocenters. The number of benzene rings is 1. The zero-order valence-electron chi connectivity index (χ0n) is 13.9. The van der Waals surface area contributed by atoms with Gasteiger partial charge in [-0.05, 0) is 50.3 Å². The molecule has 2 heterocycles. The molecule has 2 fully saturated rings. The number of halogens is 1. The van der Waals surface area contributed by atoms with Crippen molar-refractivity contribution in [1.29, 1.82) is 0 Å². The van der Waals surface area contributed by atoms with E-state index in [0.29, 0.717) is 19.6 Å². The number of sulfonamides is 1. The molecule has 0 saturated carbocycles. The molecule has 24 heavy (non-hydrogen) atoms. The second-order valence-electron chi connectivity index (χ2n) is 6.81. The summed E-state index contributed by atoms with van der Waals surface area (Å²) in [7, 11) is -3.89. The lowest BCUT2D eigenvalue weighted by Crippen LogP contribution is -2.53. The summed E-state index contributed by atoms with van der Waals surface area (Å²) >= 11 is 0. The van der Waals surface area contributed by atoms with E-state index in [2.05, 4.69) is 0 Å². The van der Waals surface area contributed by atoms with E-state index >= 15 is 0 Å². The molecule has 1 aromatic rings. The van der Waals surface area contributed by atoms with Crippen LogP contribution in [0, 0.1) is 12.7 Å². The average molecular weight is 356 g/mol. The lowest BCUT2D eigenvalue weighted by molar-refractivity contribution is -0.0386. The SMILES string of the molecule is Cc1ccc(F)c(S(=O)(=O)N2CCCCC2C2CC(N)CCO2)c1. The molecule has 2 N–H and O–H groups in total. The van der Waals surface area contributed by atoms with Crippen molar-refractivity contribution in [2.45, 2.75) is 62.1 Å².